The molecule has 0 radical (unpaired) electrons. The summed E-state index contributed by atoms with van der Waals surface area (Å²) in [5.41, 5.74) is 1.84. The number of carbonyl (C=O) groups is 2. The molecule has 0 amide bonds. The van der Waals surface area contributed by atoms with E-state index in [1.54, 1.807) is 13.0 Å². The fourth-order valence-corrected chi connectivity index (χ4v) is 3.15. The van der Waals surface area contributed by atoms with E-state index in [0.29, 0.717) is 28.4 Å². The van der Waals surface area contributed by atoms with Gasteiger partial charge in [0.1, 0.15) is 5.75 Å². The fraction of sp³-hybridized carbons (Fsp3) is 0.529. The van der Waals surface area contributed by atoms with Crippen molar-refractivity contribution in [2.45, 2.75) is 32.8 Å². The van der Waals surface area contributed by atoms with Crippen LogP contribution in [0.15, 0.2) is 6.07 Å². The van der Waals surface area contributed by atoms with Gasteiger partial charge in [-0.1, -0.05) is 18.5 Å². The molecule has 6 heteroatoms. The van der Waals surface area contributed by atoms with Crippen molar-refractivity contribution in [3.63, 3.8) is 0 Å². The summed E-state index contributed by atoms with van der Waals surface area (Å²) < 4.78 is 5.46. The Balaban J connectivity index is 2.39. The lowest BCUT2D eigenvalue weighted by Crippen LogP contribution is -2.27. The number of ether oxygens (including phenoxy) is 1. The zero-order valence-electron chi connectivity index (χ0n) is 13.9. The zero-order valence-corrected chi connectivity index (χ0v) is 14.6. The summed E-state index contributed by atoms with van der Waals surface area (Å²) in [6, 6.07) is 1.70. The van der Waals surface area contributed by atoms with Gasteiger partial charge in [0.2, 0.25) is 0 Å². The Bertz CT molecular complexity index is 642. The molecule has 0 aromatic heterocycles. The zero-order chi connectivity index (χ0) is 17.3. The first kappa shape index (κ1) is 17.8. The molecule has 1 aliphatic heterocycles. The average molecular weight is 340 g/mol. The van der Waals surface area contributed by atoms with E-state index in [1.165, 1.54) is 0 Å². The maximum absolute atomic E-state index is 12.8. The Morgan fingerprint density at radius 3 is 2.65 bits per heavy atom. The molecule has 2 rings (SSSR count). The second kappa shape index (κ2) is 6.89. The Labute approximate surface area is 141 Å². The highest BCUT2D eigenvalue weighted by atomic mass is 35.5. The van der Waals surface area contributed by atoms with Gasteiger partial charge in [-0.3, -0.25) is 4.79 Å². The fourth-order valence-electron chi connectivity index (χ4n) is 2.92. The predicted molar refractivity (Wildman–Crippen MR) is 88.6 cm³/mol. The number of carbonyl (C=O) groups excluding carboxylic acids is 1. The van der Waals surface area contributed by atoms with Crippen LogP contribution in [0.1, 0.15) is 34.8 Å². The quantitative estimate of drug-likeness (QED) is 0.807. The normalized spacial score (nSPS) is 17.7. The molecule has 126 valence electrons. The number of halogens is 1. The molecular formula is C17H22ClNO4. The second-order valence-corrected chi connectivity index (χ2v) is 6.61. The molecule has 0 spiro atoms. The summed E-state index contributed by atoms with van der Waals surface area (Å²) in [4.78, 5) is 25.9. The van der Waals surface area contributed by atoms with Gasteiger partial charge in [-0.25, -0.2) is 4.79 Å². The molecule has 0 saturated heterocycles. The van der Waals surface area contributed by atoms with Gasteiger partial charge in [-0.15, -0.1) is 0 Å². The van der Waals surface area contributed by atoms with E-state index in [2.05, 4.69) is 0 Å². The molecule has 23 heavy (non-hydrogen) atoms. The van der Waals surface area contributed by atoms with Gasteiger partial charge in [0.05, 0.1) is 5.02 Å². The van der Waals surface area contributed by atoms with Gasteiger partial charge in [-0.05, 0) is 39.1 Å². The van der Waals surface area contributed by atoms with Crippen molar-refractivity contribution in [3.8, 4) is 5.75 Å². The minimum absolute atomic E-state index is 0.00382. The van der Waals surface area contributed by atoms with E-state index < -0.39 is 12.1 Å². The van der Waals surface area contributed by atoms with E-state index >= 15 is 0 Å². The lowest BCUT2D eigenvalue weighted by Gasteiger charge is -2.20. The van der Waals surface area contributed by atoms with Gasteiger partial charge in [0, 0.05) is 30.0 Å². The maximum Gasteiger partial charge on any atom is 0.345 e. The average Bonchev–Trinajstić information content (AvgIpc) is 2.92. The van der Waals surface area contributed by atoms with Crippen molar-refractivity contribution >= 4 is 23.4 Å². The van der Waals surface area contributed by atoms with Crippen LogP contribution in [0.2, 0.25) is 5.02 Å². The third-order valence-electron chi connectivity index (χ3n) is 4.17. The van der Waals surface area contributed by atoms with Crippen LogP contribution in [0.3, 0.4) is 0 Å². The summed E-state index contributed by atoms with van der Waals surface area (Å²) in [6.07, 6.45) is 0.0689. The van der Waals surface area contributed by atoms with Crippen LogP contribution >= 0.6 is 11.6 Å². The summed E-state index contributed by atoms with van der Waals surface area (Å²) in [6.45, 7) is 4.38. The molecule has 0 fully saturated rings. The number of hydrogen-bond donors (Lipinski definition) is 1. The van der Waals surface area contributed by atoms with Crippen molar-refractivity contribution in [2.24, 2.45) is 5.92 Å². The number of benzene rings is 1. The van der Waals surface area contributed by atoms with Crippen molar-refractivity contribution in [3.05, 3.63) is 27.8 Å². The third kappa shape index (κ3) is 3.51. The topological polar surface area (TPSA) is 66.8 Å². The van der Waals surface area contributed by atoms with E-state index in [0.717, 1.165) is 12.0 Å². The van der Waals surface area contributed by atoms with Crippen LogP contribution in [-0.2, 0) is 11.2 Å². The molecule has 1 heterocycles. The van der Waals surface area contributed by atoms with Crippen LogP contribution in [0.4, 0.5) is 0 Å². The Morgan fingerprint density at radius 1 is 1.48 bits per heavy atom. The van der Waals surface area contributed by atoms with Crippen LogP contribution < -0.4 is 4.74 Å². The summed E-state index contributed by atoms with van der Waals surface area (Å²) in [5, 5.41) is 9.48. The number of fused-ring (bicyclic) bond motifs is 1. The Kier molecular flexibility index (Phi) is 5.32. The SMILES string of the molecule is CCC(CN(C)C)C(=O)c1cc2c(c(C)c1Cl)OC(C(=O)O)C2. The van der Waals surface area contributed by atoms with Gasteiger partial charge >= 0.3 is 5.97 Å². The monoisotopic (exact) mass is 339 g/mol. The molecule has 5 nitrogen and oxygen atoms in total. The van der Waals surface area contributed by atoms with Gasteiger partial charge in [0.15, 0.2) is 11.9 Å². The lowest BCUT2D eigenvalue weighted by atomic mass is 9.91. The first-order valence-electron chi connectivity index (χ1n) is 7.66. The van der Waals surface area contributed by atoms with Crippen LogP contribution in [-0.4, -0.2) is 48.5 Å². The minimum Gasteiger partial charge on any atom is -0.478 e. The van der Waals surface area contributed by atoms with Crippen molar-refractivity contribution in [2.75, 3.05) is 20.6 Å². The van der Waals surface area contributed by atoms with Crippen molar-refractivity contribution < 1.29 is 19.4 Å². The number of carboxylic acids is 1. The highest BCUT2D eigenvalue weighted by molar-refractivity contribution is 6.35. The van der Waals surface area contributed by atoms with Gasteiger partial charge in [-0.2, -0.15) is 0 Å². The van der Waals surface area contributed by atoms with E-state index in [4.69, 9.17) is 21.4 Å². The standard InChI is InChI=1S/C17H22ClNO4/c1-5-10(8-19(3)4)15(20)12-6-11-7-13(17(21)22)23-16(11)9(2)14(12)18/h6,10,13H,5,7-8H2,1-4H3,(H,21,22). The molecular weight excluding hydrogens is 318 g/mol. The van der Waals surface area contributed by atoms with Crippen molar-refractivity contribution in [1.29, 1.82) is 0 Å². The number of hydrogen-bond acceptors (Lipinski definition) is 4. The minimum atomic E-state index is -1.01. The van der Waals surface area contributed by atoms with Crippen LogP contribution in [0.25, 0.3) is 0 Å². The Morgan fingerprint density at radius 2 is 2.13 bits per heavy atom. The molecule has 1 aliphatic rings. The highest BCUT2D eigenvalue weighted by Crippen LogP contribution is 2.39. The number of carboxylic acid groups (broad SMARTS) is 1. The lowest BCUT2D eigenvalue weighted by molar-refractivity contribution is -0.144. The van der Waals surface area contributed by atoms with Crippen LogP contribution in [0, 0.1) is 12.8 Å². The summed E-state index contributed by atoms with van der Waals surface area (Å²) in [5.74, 6) is -0.656. The van der Waals surface area contributed by atoms with Crippen LogP contribution in [0.5, 0.6) is 5.75 Å². The van der Waals surface area contributed by atoms with E-state index in [9.17, 15) is 9.59 Å². The van der Waals surface area contributed by atoms with E-state index in [-0.39, 0.29) is 18.1 Å². The molecule has 2 atom stereocenters. The first-order valence-corrected chi connectivity index (χ1v) is 8.04. The number of Topliss-reactive ketones (excluding diaryl/α,β-unsaturated/α-hetero) is 1. The second-order valence-electron chi connectivity index (χ2n) is 6.23. The highest BCUT2D eigenvalue weighted by Gasteiger charge is 2.33. The number of rotatable bonds is 6. The predicted octanol–water partition coefficient (Wildman–Crippen LogP) is 2.81. The Hall–Kier alpha value is -1.59. The third-order valence-corrected chi connectivity index (χ3v) is 4.66. The largest absolute Gasteiger partial charge is 0.478 e. The summed E-state index contributed by atoms with van der Waals surface area (Å²) in [7, 11) is 3.85. The van der Waals surface area contributed by atoms with E-state index in [1.807, 2.05) is 25.9 Å². The molecule has 2 unspecified atom stereocenters. The number of aliphatic carboxylic acids is 1. The van der Waals surface area contributed by atoms with Gasteiger partial charge < -0.3 is 14.7 Å². The maximum atomic E-state index is 12.8. The smallest absolute Gasteiger partial charge is 0.345 e. The molecule has 0 bridgehead atoms. The molecule has 0 aliphatic carbocycles. The molecule has 1 aromatic rings. The number of ketones is 1. The van der Waals surface area contributed by atoms with Gasteiger partial charge in [0.25, 0.3) is 0 Å². The first-order chi connectivity index (χ1) is 10.8. The molecule has 1 N–H and O–H groups in total. The summed E-state index contributed by atoms with van der Waals surface area (Å²) >= 11 is 6.37. The molecule has 0 saturated carbocycles. The van der Waals surface area contributed by atoms with Crippen molar-refractivity contribution in [1.82, 2.24) is 4.90 Å². The molecule has 1 aromatic carbocycles. The number of nitrogens with zero attached hydrogens (tertiary/aromatic N) is 1.